The Morgan fingerprint density at radius 3 is 2.79 bits per heavy atom. The van der Waals surface area contributed by atoms with E-state index in [0.717, 1.165) is 18.5 Å². The average molecular weight is 191 g/mol. The highest BCUT2D eigenvalue weighted by molar-refractivity contribution is 5.78. The number of aromatic nitrogens is 2. The van der Waals surface area contributed by atoms with Gasteiger partial charge in [0.25, 0.3) is 5.56 Å². The van der Waals surface area contributed by atoms with Crippen molar-refractivity contribution >= 4 is 10.9 Å². The van der Waals surface area contributed by atoms with Gasteiger partial charge in [0, 0.05) is 6.54 Å². The molecule has 1 aromatic carbocycles. The molecule has 0 saturated heterocycles. The highest BCUT2D eigenvalue weighted by Crippen LogP contribution is 2.09. The fourth-order valence-electron chi connectivity index (χ4n) is 1.67. The molecule has 4 heteroatoms. The molecular formula is C10H13N3O. The molecule has 0 bridgehead atoms. The van der Waals surface area contributed by atoms with Gasteiger partial charge in [0.05, 0.1) is 10.9 Å². The molecule has 0 atom stereocenters. The van der Waals surface area contributed by atoms with E-state index >= 15 is 0 Å². The molecule has 0 aliphatic heterocycles. The highest BCUT2D eigenvalue weighted by atomic mass is 16.1. The molecule has 14 heavy (non-hydrogen) atoms. The van der Waals surface area contributed by atoms with Crippen LogP contribution in [0.3, 0.4) is 0 Å². The zero-order valence-electron chi connectivity index (χ0n) is 8.10. The van der Waals surface area contributed by atoms with Crippen LogP contribution < -0.4 is 11.4 Å². The molecule has 0 spiro atoms. The summed E-state index contributed by atoms with van der Waals surface area (Å²) in [5.41, 5.74) is 0.774. The summed E-state index contributed by atoms with van der Waals surface area (Å²) in [5.74, 6) is 5.67. The van der Waals surface area contributed by atoms with Crippen LogP contribution in [0.25, 0.3) is 10.9 Å². The molecule has 0 unspecified atom stereocenters. The monoisotopic (exact) mass is 191 g/mol. The minimum atomic E-state index is -0.131. The van der Waals surface area contributed by atoms with Gasteiger partial charge in [-0.1, -0.05) is 19.1 Å². The van der Waals surface area contributed by atoms with Crippen LogP contribution in [0.15, 0.2) is 29.1 Å². The van der Waals surface area contributed by atoms with Crippen LogP contribution in [0.2, 0.25) is 0 Å². The van der Waals surface area contributed by atoms with Gasteiger partial charge >= 0.3 is 0 Å². The predicted octanol–water partition coefficient (Wildman–Crippen LogP) is 0.927. The van der Waals surface area contributed by atoms with E-state index in [2.05, 4.69) is 6.92 Å². The molecule has 74 valence electrons. The average Bonchev–Trinajstić information content (AvgIpc) is 2.45. The van der Waals surface area contributed by atoms with Crippen molar-refractivity contribution in [3.63, 3.8) is 0 Å². The number of fused-ring (bicyclic) bond motifs is 1. The van der Waals surface area contributed by atoms with Gasteiger partial charge in [-0.2, -0.15) is 4.79 Å². The number of nitrogens with zero attached hydrogens (tertiary/aromatic N) is 2. The number of benzene rings is 1. The Morgan fingerprint density at radius 1 is 1.36 bits per heavy atom. The van der Waals surface area contributed by atoms with E-state index in [1.54, 1.807) is 10.7 Å². The quantitative estimate of drug-likeness (QED) is 0.718. The molecule has 4 nitrogen and oxygen atoms in total. The van der Waals surface area contributed by atoms with E-state index in [0.29, 0.717) is 5.39 Å². The van der Waals surface area contributed by atoms with Crippen molar-refractivity contribution in [2.75, 3.05) is 5.84 Å². The molecule has 1 aromatic heterocycles. The standard InChI is InChI=1S/C10H13N3O/c1-2-7-12-9-6-4-3-5-8(9)10(14)13(12)11/h3-6H,2,7,11H2,1H3. The van der Waals surface area contributed by atoms with Gasteiger partial charge in [0.1, 0.15) is 0 Å². The molecule has 0 aliphatic rings. The van der Waals surface area contributed by atoms with E-state index in [1.165, 1.54) is 4.79 Å². The molecule has 0 radical (unpaired) electrons. The summed E-state index contributed by atoms with van der Waals surface area (Å²) in [4.78, 5) is 12.8. The summed E-state index contributed by atoms with van der Waals surface area (Å²) in [7, 11) is 0. The molecular weight excluding hydrogens is 178 g/mol. The summed E-state index contributed by atoms with van der Waals surface area (Å²) in [6, 6.07) is 7.47. The number of rotatable bonds is 2. The first kappa shape index (κ1) is 8.87. The van der Waals surface area contributed by atoms with Crippen LogP contribution >= 0.6 is 0 Å². The summed E-state index contributed by atoms with van der Waals surface area (Å²) in [6.45, 7) is 2.82. The van der Waals surface area contributed by atoms with Crippen LogP contribution in [-0.2, 0) is 6.54 Å². The van der Waals surface area contributed by atoms with E-state index in [1.807, 2.05) is 18.2 Å². The van der Waals surface area contributed by atoms with Crippen molar-refractivity contribution in [3.8, 4) is 0 Å². The van der Waals surface area contributed by atoms with Gasteiger partial charge in [-0.25, -0.2) is 0 Å². The van der Waals surface area contributed by atoms with Crippen LogP contribution in [0.1, 0.15) is 13.3 Å². The van der Waals surface area contributed by atoms with Gasteiger partial charge in [0.2, 0.25) is 0 Å². The van der Waals surface area contributed by atoms with Gasteiger partial charge in [-0.3, -0.25) is 9.48 Å². The number of nitrogen functional groups attached to an aromatic ring is 1. The first-order chi connectivity index (χ1) is 6.75. The Morgan fingerprint density at radius 2 is 2.07 bits per heavy atom. The summed E-state index contributed by atoms with van der Waals surface area (Å²) in [6.07, 6.45) is 0.954. The van der Waals surface area contributed by atoms with Crippen LogP contribution in [0, 0.1) is 0 Å². The fraction of sp³-hybridized carbons (Fsp3) is 0.300. The Hall–Kier alpha value is -1.71. The van der Waals surface area contributed by atoms with E-state index < -0.39 is 0 Å². The maximum Gasteiger partial charge on any atom is 0.293 e. The number of hydrogen-bond donors (Lipinski definition) is 1. The molecule has 2 rings (SSSR count). The zero-order valence-corrected chi connectivity index (χ0v) is 8.10. The summed E-state index contributed by atoms with van der Waals surface area (Å²) < 4.78 is 1.80. The van der Waals surface area contributed by atoms with Crippen molar-refractivity contribution in [3.05, 3.63) is 34.6 Å². The summed E-state index contributed by atoms with van der Waals surface area (Å²) >= 11 is 0. The summed E-state index contributed by atoms with van der Waals surface area (Å²) in [5, 5.41) is 0.684. The third-order valence-electron chi connectivity index (χ3n) is 2.32. The molecule has 2 N–H and O–H groups in total. The first-order valence-electron chi connectivity index (χ1n) is 4.71. The third kappa shape index (κ3) is 1.11. The van der Waals surface area contributed by atoms with Crippen molar-refractivity contribution < 1.29 is 0 Å². The second kappa shape index (κ2) is 3.21. The first-order valence-corrected chi connectivity index (χ1v) is 4.71. The van der Waals surface area contributed by atoms with Crippen LogP contribution in [-0.4, -0.2) is 9.47 Å². The topological polar surface area (TPSA) is 53.0 Å². The number of nitrogens with two attached hydrogens (primary N) is 1. The van der Waals surface area contributed by atoms with E-state index in [4.69, 9.17) is 5.84 Å². The lowest BCUT2D eigenvalue weighted by Crippen LogP contribution is -2.30. The maximum atomic E-state index is 11.6. The Bertz CT molecular complexity index is 510. The van der Waals surface area contributed by atoms with Crippen molar-refractivity contribution in [2.24, 2.45) is 0 Å². The molecule has 0 saturated carbocycles. The highest BCUT2D eigenvalue weighted by Gasteiger charge is 2.08. The fourth-order valence-corrected chi connectivity index (χ4v) is 1.67. The lowest BCUT2D eigenvalue weighted by molar-refractivity contribution is 0.533. The number of aryl methyl sites for hydroxylation is 1. The molecule has 2 aromatic rings. The smallest absolute Gasteiger partial charge is 0.293 e. The molecule has 0 fully saturated rings. The van der Waals surface area contributed by atoms with Gasteiger partial charge in [0.15, 0.2) is 0 Å². The number of para-hydroxylation sites is 1. The van der Waals surface area contributed by atoms with Gasteiger partial charge < -0.3 is 5.84 Å². The van der Waals surface area contributed by atoms with Gasteiger partial charge in [-0.15, -0.1) is 0 Å². The minimum Gasteiger partial charge on any atom is -0.321 e. The molecule has 0 aliphatic carbocycles. The Kier molecular flexibility index (Phi) is 2.04. The van der Waals surface area contributed by atoms with Crippen molar-refractivity contribution in [1.82, 2.24) is 9.47 Å². The Labute approximate surface area is 81.5 Å². The van der Waals surface area contributed by atoms with E-state index in [-0.39, 0.29) is 5.56 Å². The van der Waals surface area contributed by atoms with Crippen LogP contribution in [0.4, 0.5) is 0 Å². The molecule has 1 heterocycles. The second-order valence-corrected chi connectivity index (χ2v) is 3.29. The maximum absolute atomic E-state index is 11.6. The normalized spacial score (nSPS) is 10.9. The minimum absolute atomic E-state index is 0.131. The lowest BCUT2D eigenvalue weighted by atomic mass is 10.2. The second-order valence-electron chi connectivity index (χ2n) is 3.29. The largest absolute Gasteiger partial charge is 0.321 e. The lowest BCUT2D eigenvalue weighted by Gasteiger charge is -2.05. The molecule has 0 amide bonds. The van der Waals surface area contributed by atoms with Gasteiger partial charge in [-0.05, 0) is 18.6 Å². The van der Waals surface area contributed by atoms with Crippen molar-refractivity contribution in [1.29, 1.82) is 0 Å². The third-order valence-corrected chi connectivity index (χ3v) is 2.32. The predicted molar refractivity (Wildman–Crippen MR) is 56.6 cm³/mol. The zero-order chi connectivity index (χ0) is 10.1. The number of hydrogen-bond acceptors (Lipinski definition) is 2. The Balaban J connectivity index is 2.81. The van der Waals surface area contributed by atoms with Crippen LogP contribution in [0.5, 0.6) is 0 Å². The SMILES string of the molecule is CCCn1c2ccccc2c(=O)n1N. The van der Waals surface area contributed by atoms with E-state index in [9.17, 15) is 4.79 Å². The van der Waals surface area contributed by atoms with Crippen molar-refractivity contribution in [2.45, 2.75) is 19.9 Å².